The summed E-state index contributed by atoms with van der Waals surface area (Å²) in [4.78, 5) is 2.54. The molecule has 2 N–H and O–H groups in total. The average Bonchev–Trinajstić information content (AvgIpc) is 2.60. The zero-order valence-electron chi connectivity index (χ0n) is 10.8. The molecule has 0 aromatic rings. The quantitative estimate of drug-likeness (QED) is 0.733. The number of rotatable bonds is 6. The second-order valence-corrected chi connectivity index (χ2v) is 5.61. The van der Waals surface area contributed by atoms with Crippen molar-refractivity contribution in [2.45, 2.75) is 58.4 Å². The van der Waals surface area contributed by atoms with Crippen LogP contribution >= 0.6 is 0 Å². The summed E-state index contributed by atoms with van der Waals surface area (Å²) in [5.41, 5.74) is 6.54. The van der Waals surface area contributed by atoms with E-state index in [4.69, 9.17) is 5.73 Å². The van der Waals surface area contributed by atoms with Crippen LogP contribution in [0.2, 0.25) is 0 Å². The van der Waals surface area contributed by atoms with Crippen molar-refractivity contribution in [2.24, 2.45) is 11.7 Å². The summed E-state index contributed by atoms with van der Waals surface area (Å²) in [5, 5.41) is 0. The molecule has 2 nitrogen and oxygen atoms in total. The average molecular weight is 212 g/mol. The van der Waals surface area contributed by atoms with Gasteiger partial charge in [0.25, 0.3) is 0 Å². The molecule has 1 saturated carbocycles. The maximum atomic E-state index is 6.37. The highest BCUT2D eigenvalue weighted by Crippen LogP contribution is 2.30. The zero-order chi connectivity index (χ0) is 11.3. The van der Waals surface area contributed by atoms with E-state index in [1.54, 1.807) is 0 Å². The fourth-order valence-electron chi connectivity index (χ4n) is 2.60. The summed E-state index contributed by atoms with van der Waals surface area (Å²) in [6.07, 6.45) is 6.35. The second kappa shape index (κ2) is 5.86. The first kappa shape index (κ1) is 13.0. The maximum Gasteiger partial charge on any atom is 0.0166 e. The number of hydrogen-bond acceptors (Lipinski definition) is 2. The molecule has 1 rings (SSSR count). The molecule has 90 valence electrons. The van der Waals surface area contributed by atoms with Crippen molar-refractivity contribution in [1.82, 2.24) is 4.90 Å². The van der Waals surface area contributed by atoms with Crippen LogP contribution < -0.4 is 5.73 Å². The highest BCUT2D eigenvalue weighted by atomic mass is 15.1. The number of hydrogen-bond donors (Lipinski definition) is 1. The smallest absolute Gasteiger partial charge is 0.0166 e. The molecule has 0 amide bonds. The summed E-state index contributed by atoms with van der Waals surface area (Å²) < 4.78 is 0. The van der Waals surface area contributed by atoms with Gasteiger partial charge >= 0.3 is 0 Å². The van der Waals surface area contributed by atoms with Gasteiger partial charge in [-0.25, -0.2) is 0 Å². The van der Waals surface area contributed by atoms with E-state index < -0.39 is 0 Å². The fourth-order valence-corrected chi connectivity index (χ4v) is 2.60. The third-order valence-electron chi connectivity index (χ3n) is 3.60. The largest absolute Gasteiger partial charge is 0.325 e. The van der Waals surface area contributed by atoms with Crippen molar-refractivity contribution in [3.05, 3.63) is 0 Å². The van der Waals surface area contributed by atoms with Crippen LogP contribution in [0.25, 0.3) is 0 Å². The Morgan fingerprint density at radius 3 is 2.33 bits per heavy atom. The van der Waals surface area contributed by atoms with Gasteiger partial charge in [-0.15, -0.1) is 0 Å². The molecular formula is C13H28N2. The summed E-state index contributed by atoms with van der Waals surface area (Å²) in [7, 11) is 0. The molecule has 15 heavy (non-hydrogen) atoms. The van der Waals surface area contributed by atoms with Gasteiger partial charge in [-0.2, -0.15) is 0 Å². The van der Waals surface area contributed by atoms with Crippen molar-refractivity contribution < 1.29 is 0 Å². The van der Waals surface area contributed by atoms with Crippen LogP contribution in [0.4, 0.5) is 0 Å². The van der Waals surface area contributed by atoms with E-state index in [-0.39, 0.29) is 5.54 Å². The van der Waals surface area contributed by atoms with Gasteiger partial charge in [-0.1, -0.05) is 33.6 Å². The SMILES string of the molecule is CCN(CCC1(N)CCCC1)CC(C)C. The first-order chi connectivity index (χ1) is 7.06. The molecule has 0 atom stereocenters. The molecule has 0 spiro atoms. The first-order valence-corrected chi connectivity index (χ1v) is 6.57. The van der Waals surface area contributed by atoms with Crippen LogP contribution in [0.3, 0.4) is 0 Å². The van der Waals surface area contributed by atoms with Gasteiger partial charge in [-0.3, -0.25) is 0 Å². The monoisotopic (exact) mass is 212 g/mol. The Morgan fingerprint density at radius 1 is 1.27 bits per heavy atom. The topological polar surface area (TPSA) is 29.3 Å². The lowest BCUT2D eigenvalue weighted by Crippen LogP contribution is -2.41. The Bertz CT molecular complexity index is 171. The molecule has 1 aliphatic carbocycles. The van der Waals surface area contributed by atoms with Crippen LogP contribution in [-0.4, -0.2) is 30.1 Å². The normalized spacial score (nSPS) is 20.4. The standard InChI is InChI=1S/C13H28N2/c1-4-15(11-12(2)3)10-9-13(14)7-5-6-8-13/h12H,4-11,14H2,1-3H3. The van der Waals surface area contributed by atoms with Gasteiger partial charge in [0.15, 0.2) is 0 Å². The molecule has 0 unspecified atom stereocenters. The molecule has 0 bridgehead atoms. The third kappa shape index (κ3) is 4.52. The highest BCUT2D eigenvalue weighted by molar-refractivity contribution is 4.89. The zero-order valence-corrected chi connectivity index (χ0v) is 10.8. The van der Waals surface area contributed by atoms with E-state index >= 15 is 0 Å². The van der Waals surface area contributed by atoms with Crippen LogP contribution in [-0.2, 0) is 0 Å². The molecular weight excluding hydrogens is 184 g/mol. The minimum absolute atomic E-state index is 0.171. The Morgan fingerprint density at radius 2 is 1.87 bits per heavy atom. The van der Waals surface area contributed by atoms with E-state index in [1.807, 2.05) is 0 Å². The van der Waals surface area contributed by atoms with Crippen LogP contribution in [0.5, 0.6) is 0 Å². The molecule has 0 aliphatic heterocycles. The first-order valence-electron chi connectivity index (χ1n) is 6.57. The summed E-state index contributed by atoms with van der Waals surface area (Å²) >= 11 is 0. The highest BCUT2D eigenvalue weighted by Gasteiger charge is 2.29. The molecule has 0 aromatic carbocycles. The molecule has 0 saturated heterocycles. The predicted octanol–water partition coefficient (Wildman–Crippen LogP) is 2.63. The lowest BCUT2D eigenvalue weighted by molar-refractivity contribution is 0.226. The van der Waals surface area contributed by atoms with Gasteiger partial charge < -0.3 is 10.6 Å². The molecule has 0 aromatic heterocycles. The van der Waals surface area contributed by atoms with Crippen molar-refractivity contribution in [2.75, 3.05) is 19.6 Å². The van der Waals surface area contributed by atoms with E-state index in [0.29, 0.717) is 0 Å². The fraction of sp³-hybridized carbons (Fsp3) is 1.00. The van der Waals surface area contributed by atoms with Crippen molar-refractivity contribution in [3.8, 4) is 0 Å². The number of nitrogens with zero attached hydrogens (tertiary/aromatic N) is 1. The lowest BCUT2D eigenvalue weighted by atomic mass is 9.94. The number of nitrogens with two attached hydrogens (primary N) is 1. The lowest BCUT2D eigenvalue weighted by Gasteiger charge is -2.29. The van der Waals surface area contributed by atoms with Crippen molar-refractivity contribution in [3.63, 3.8) is 0 Å². The van der Waals surface area contributed by atoms with E-state index in [9.17, 15) is 0 Å². The van der Waals surface area contributed by atoms with Gasteiger partial charge in [0.1, 0.15) is 0 Å². The van der Waals surface area contributed by atoms with Crippen molar-refractivity contribution in [1.29, 1.82) is 0 Å². The molecule has 1 aliphatic rings. The summed E-state index contributed by atoms with van der Waals surface area (Å²) in [6, 6.07) is 0. The van der Waals surface area contributed by atoms with Crippen molar-refractivity contribution >= 4 is 0 Å². The molecule has 0 radical (unpaired) electrons. The summed E-state index contributed by atoms with van der Waals surface area (Å²) in [5.74, 6) is 0.766. The van der Waals surface area contributed by atoms with Crippen LogP contribution in [0, 0.1) is 5.92 Å². The maximum absolute atomic E-state index is 6.37. The van der Waals surface area contributed by atoms with E-state index in [2.05, 4.69) is 25.7 Å². The van der Waals surface area contributed by atoms with E-state index in [0.717, 1.165) is 12.5 Å². The Kier molecular flexibility index (Phi) is 5.07. The van der Waals surface area contributed by atoms with Gasteiger partial charge in [0.05, 0.1) is 0 Å². The molecule has 2 heteroatoms. The summed E-state index contributed by atoms with van der Waals surface area (Å²) in [6.45, 7) is 10.4. The third-order valence-corrected chi connectivity index (χ3v) is 3.60. The molecule has 0 heterocycles. The van der Waals surface area contributed by atoms with Gasteiger partial charge in [0, 0.05) is 12.1 Å². The van der Waals surface area contributed by atoms with E-state index in [1.165, 1.54) is 45.2 Å². The minimum atomic E-state index is 0.171. The van der Waals surface area contributed by atoms with Gasteiger partial charge in [-0.05, 0) is 38.3 Å². The predicted molar refractivity (Wildman–Crippen MR) is 67.0 cm³/mol. The van der Waals surface area contributed by atoms with Gasteiger partial charge in [0.2, 0.25) is 0 Å². The second-order valence-electron chi connectivity index (χ2n) is 5.61. The van der Waals surface area contributed by atoms with Crippen LogP contribution in [0.1, 0.15) is 52.9 Å². The van der Waals surface area contributed by atoms with Crippen LogP contribution in [0.15, 0.2) is 0 Å². The Balaban J connectivity index is 2.26. The molecule has 1 fully saturated rings. The Labute approximate surface area is 95.2 Å². The Hall–Kier alpha value is -0.0800. The minimum Gasteiger partial charge on any atom is -0.325 e.